The molecule has 0 aliphatic heterocycles. The van der Waals surface area contributed by atoms with E-state index in [-0.39, 0.29) is 11.8 Å². The van der Waals surface area contributed by atoms with Gasteiger partial charge in [-0.05, 0) is 44.5 Å². The lowest BCUT2D eigenvalue weighted by Crippen LogP contribution is -2.35. The molecule has 6 heteroatoms. The fraction of sp³-hybridized carbons (Fsp3) is 0.692. The van der Waals surface area contributed by atoms with Gasteiger partial charge in [0.05, 0.1) is 18.6 Å². The molecule has 1 aliphatic rings. The second-order valence-corrected chi connectivity index (χ2v) is 6.92. The van der Waals surface area contributed by atoms with Gasteiger partial charge in [0.15, 0.2) is 0 Å². The highest BCUT2D eigenvalue weighted by Gasteiger charge is 2.37. The average molecular weight is 286 g/mol. The first kappa shape index (κ1) is 14.6. The van der Waals surface area contributed by atoms with Crippen molar-refractivity contribution in [2.75, 3.05) is 18.8 Å². The Labute approximate surface area is 115 Å². The third-order valence-corrected chi connectivity index (χ3v) is 5.16. The van der Waals surface area contributed by atoms with Crippen molar-refractivity contribution in [1.29, 1.82) is 0 Å². The van der Waals surface area contributed by atoms with Gasteiger partial charge in [-0.1, -0.05) is 6.92 Å². The van der Waals surface area contributed by atoms with Crippen LogP contribution in [0.5, 0.6) is 0 Å². The van der Waals surface area contributed by atoms with Crippen molar-refractivity contribution < 1.29 is 12.8 Å². The fourth-order valence-corrected chi connectivity index (χ4v) is 3.78. The van der Waals surface area contributed by atoms with Crippen LogP contribution in [0.25, 0.3) is 0 Å². The molecule has 0 aromatic carbocycles. The van der Waals surface area contributed by atoms with Crippen molar-refractivity contribution in [1.82, 2.24) is 9.62 Å². The number of furan rings is 1. The van der Waals surface area contributed by atoms with E-state index in [2.05, 4.69) is 5.32 Å². The third kappa shape index (κ3) is 4.33. The summed E-state index contributed by atoms with van der Waals surface area (Å²) in [5.74, 6) is 0.916. The first-order chi connectivity index (χ1) is 9.13. The average Bonchev–Trinajstić information content (AvgIpc) is 3.08. The molecule has 2 rings (SSSR count). The summed E-state index contributed by atoms with van der Waals surface area (Å²) in [7, 11) is -3.18. The Bertz CT molecular complexity index is 466. The van der Waals surface area contributed by atoms with E-state index in [1.165, 1.54) is 0 Å². The number of nitrogens with zero attached hydrogens (tertiary/aromatic N) is 1. The molecular formula is C13H22N2O3S. The molecule has 0 unspecified atom stereocenters. The lowest BCUT2D eigenvalue weighted by atomic mass is 10.4. The van der Waals surface area contributed by atoms with Crippen LogP contribution in [-0.4, -0.2) is 37.6 Å². The predicted molar refractivity (Wildman–Crippen MR) is 74.2 cm³/mol. The SMILES string of the molecule is CCNCCCS(=O)(=O)N(Cc1ccco1)C1CC1. The fourth-order valence-electron chi connectivity index (χ4n) is 2.05. The molecule has 0 spiro atoms. The number of rotatable bonds is 9. The summed E-state index contributed by atoms with van der Waals surface area (Å²) in [6.45, 7) is 4.00. The monoisotopic (exact) mass is 286 g/mol. The van der Waals surface area contributed by atoms with Crippen LogP contribution in [0.3, 0.4) is 0 Å². The van der Waals surface area contributed by atoms with Gasteiger partial charge in [0.2, 0.25) is 10.0 Å². The van der Waals surface area contributed by atoms with Crippen LogP contribution in [0.1, 0.15) is 31.9 Å². The molecule has 108 valence electrons. The van der Waals surface area contributed by atoms with Crippen LogP contribution in [0.15, 0.2) is 22.8 Å². The molecule has 1 fully saturated rings. The van der Waals surface area contributed by atoms with Crippen LogP contribution >= 0.6 is 0 Å². The van der Waals surface area contributed by atoms with Crippen LogP contribution in [0.4, 0.5) is 0 Å². The highest BCUT2D eigenvalue weighted by Crippen LogP contribution is 2.31. The van der Waals surface area contributed by atoms with Crippen molar-refractivity contribution in [2.24, 2.45) is 0 Å². The highest BCUT2D eigenvalue weighted by molar-refractivity contribution is 7.89. The van der Waals surface area contributed by atoms with E-state index in [4.69, 9.17) is 4.42 Å². The Kier molecular flexibility index (Phi) is 5.01. The highest BCUT2D eigenvalue weighted by atomic mass is 32.2. The molecule has 5 nitrogen and oxygen atoms in total. The molecule has 1 aromatic heterocycles. The molecule has 1 aromatic rings. The van der Waals surface area contributed by atoms with Crippen LogP contribution in [-0.2, 0) is 16.6 Å². The Morgan fingerprint density at radius 1 is 1.47 bits per heavy atom. The van der Waals surface area contributed by atoms with E-state index in [1.54, 1.807) is 16.6 Å². The molecule has 19 heavy (non-hydrogen) atoms. The van der Waals surface area contributed by atoms with E-state index in [0.29, 0.717) is 18.7 Å². The minimum Gasteiger partial charge on any atom is -0.468 e. The Balaban J connectivity index is 1.93. The van der Waals surface area contributed by atoms with Crippen molar-refractivity contribution in [3.8, 4) is 0 Å². The lowest BCUT2D eigenvalue weighted by Gasteiger charge is -2.20. The topological polar surface area (TPSA) is 62.6 Å². The third-order valence-electron chi connectivity index (χ3n) is 3.21. The molecular weight excluding hydrogens is 264 g/mol. The summed E-state index contributed by atoms with van der Waals surface area (Å²) in [5.41, 5.74) is 0. The van der Waals surface area contributed by atoms with Gasteiger partial charge in [-0.25, -0.2) is 8.42 Å². The zero-order chi connectivity index (χ0) is 13.7. The molecule has 1 heterocycles. The summed E-state index contributed by atoms with van der Waals surface area (Å²) in [5, 5.41) is 3.15. The summed E-state index contributed by atoms with van der Waals surface area (Å²) in [4.78, 5) is 0. The quantitative estimate of drug-likeness (QED) is 0.700. The van der Waals surface area contributed by atoms with Gasteiger partial charge in [0.1, 0.15) is 5.76 Å². The normalized spacial score (nSPS) is 16.1. The molecule has 1 saturated carbocycles. The minimum absolute atomic E-state index is 0.175. The maximum Gasteiger partial charge on any atom is 0.214 e. The summed E-state index contributed by atoms with van der Waals surface area (Å²) < 4.78 is 31.6. The zero-order valence-electron chi connectivity index (χ0n) is 11.3. The molecule has 0 radical (unpaired) electrons. The Morgan fingerprint density at radius 3 is 2.84 bits per heavy atom. The summed E-state index contributed by atoms with van der Waals surface area (Å²) >= 11 is 0. The first-order valence-electron chi connectivity index (χ1n) is 6.86. The van der Waals surface area contributed by atoms with Crippen molar-refractivity contribution in [3.63, 3.8) is 0 Å². The van der Waals surface area contributed by atoms with Gasteiger partial charge in [-0.3, -0.25) is 0 Å². The van der Waals surface area contributed by atoms with E-state index in [9.17, 15) is 8.42 Å². The van der Waals surface area contributed by atoms with Gasteiger partial charge < -0.3 is 9.73 Å². The number of hydrogen-bond acceptors (Lipinski definition) is 4. The second-order valence-electron chi connectivity index (χ2n) is 4.88. The standard InChI is InChI=1S/C13H22N2O3S/c1-2-14-8-4-10-19(16,17)15(12-6-7-12)11-13-5-3-9-18-13/h3,5,9,12,14H,2,4,6-8,10-11H2,1H3. The maximum absolute atomic E-state index is 12.4. The Hall–Kier alpha value is -0.850. The van der Waals surface area contributed by atoms with E-state index in [1.807, 2.05) is 13.0 Å². The van der Waals surface area contributed by atoms with Gasteiger partial charge in [0.25, 0.3) is 0 Å². The summed E-state index contributed by atoms with van der Waals surface area (Å²) in [6.07, 6.45) is 4.16. The van der Waals surface area contributed by atoms with Crippen molar-refractivity contribution in [3.05, 3.63) is 24.2 Å². The smallest absolute Gasteiger partial charge is 0.214 e. The number of nitrogens with one attached hydrogen (secondary N) is 1. The number of sulfonamides is 1. The Morgan fingerprint density at radius 2 is 2.26 bits per heavy atom. The first-order valence-corrected chi connectivity index (χ1v) is 8.47. The van der Waals surface area contributed by atoms with Gasteiger partial charge in [0, 0.05) is 6.04 Å². The molecule has 1 N–H and O–H groups in total. The molecule has 0 amide bonds. The molecule has 0 bridgehead atoms. The van der Waals surface area contributed by atoms with Gasteiger partial charge in [-0.2, -0.15) is 4.31 Å². The van der Waals surface area contributed by atoms with Crippen molar-refractivity contribution in [2.45, 2.75) is 38.8 Å². The van der Waals surface area contributed by atoms with Crippen LogP contribution < -0.4 is 5.32 Å². The van der Waals surface area contributed by atoms with Crippen LogP contribution in [0, 0.1) is 0 Å². The van der Waals surface area contributed by atoms with Gasteiger partial charge in [-0.15, -0.1) is 0 Å². The predicted octanol–water partition coefficient (Wildman–Crippen LogP) is 1.57. The van der Waals surface area contributed by atoms with E-state index in [0.717, 1.165) is 25.9 Å². The minimum atomic E-state index is -3.18. The molecule has 0 saturated heterocycles. The maximum atomic E-state index is 12.4. The molecule has 1 aliphatic carbocycles. The lowest BCUT2D eigenvalue weighted by molar-refractivity contribution is 0.356. The molecule has 0 atom stereocenters. The zero-order valence-corrected chi connectivity index (χ0v) is 12.2. The van der Waals surface area contributed by atoms with E-state index < -0.39 is 10.0 Å². The second kappa shape index (κ2) is 6.54. The van der Waals surface area contributed by atoms with E-state index >= 15 is 0 Å². The summed E-state index contributed by atoms with van der Waals surface area (Å²) in [6, 6.07) is 3.79. The number of hydrogen-bond donors (Lipinski definition) is 1. The van der Waals surface area contributed by atoms with Crippen LogP contribution in [0.2, 0.25) is 0 Å². The largest absolute Gasteiger partial charge is 0.468 e. The van der Waals surface area contributed by atoms with Crippen molar-refractivity contribution >= 4 is 10.0 Å². The van der Waals surface area contributed by atoms with Gasteiger partial charge >= 0.3 is 0 Å².